The fourth-order valence-electron chi connectivity index (χ4n) is 7.12. The number of aliphatic imine (C=N–C) groups is 1. The van der Waals surface area contributed by atoms with Crippen molar-refractivity contribution in [3.05, 3.63) is 102 Å². The van der Waals surface area contributed by atoms with Gasteiger partial charge in [0.05, 0.1) is 6.04 Å². The van der Waals surface area contributed by atoms with Crippen LogP contribution >= 0.6 is 7.92 Å². The molecule has 6 rings (SSSR count). The lowest BCUT2D eigenvalue weighted by Crippen LogP contribution is -2.29. The average molecular weight is 494 g/mol. The van der Waals surface area contributed by atoms with E-state index in [1.807, 2.05) is 0 Å². The lowest BCUT2D eigenvalue weighted by molar-refractivity contribution is 0.487. The van der Waals surface area contributed by atoms with Gasteiger partial charge in [0.2, 0.25) is 0 Å². The van der Waals surface area contributed by atoms with Gasteiger partial charge in [-0.1, -0.05) is 131 Å². The van der Waals surface area contributed by atoms with Crippen molar-refractivity contribution < 1.29 is 0 Å². The molecule has 0 radical (unpaired) electrons. The second-order valence-electron chi connectivity index (χ2n) is 11.2. The molecule has 0 aromatic heterocycles. The first kappa shape index (κ1) is 24.1. The zero-order chi connectivity index (χ0) is 24.2. The summed E-state index contributed by atoms with van der Waals surface area (Å²) in [6, 6.07) is 31.9. The van der Waals surface area contributed by atoms with Crippen LogP contribution in [0, 0.1) is 0 Å². The summed E-state index contributed by atoms with van der Waals surface area (Å²) in [5.74, 6) is 0.409. The third-order valence-corrected chi connectivity index (χ3v) is 12.4. The van der Waals surface area contributed by atoms with Crippen molar-refractivity contribution in [1.29, 1.82) is 0 Å². The van der Waals surface area contributed by atoms with Crippen LogP contribution in [0.5, 0.6) is 0 Å². The fraction of sp³-hybridized carbons (Fsp3) is 0.441. The zero-order valence-corrected chi connectivity index (χ0v) is 22.5. The van der Waals surface area contributed by atoms with Crippen molar-refractivity contribution in [3.8, 4) is 0 Å². The molecule has 2 atom stereocenters. The third-order valence-electron chi connectivity index (χ3n) is 8.89. The molecule has 0 saturated heterocycles. The minimum atomic E-state index is -0.147. The summed E-state index contributed by atoms with van der Waals surface area (Å²) in [5, 5.41) is 1.69. The summed E-state index contributed by atoms with van der Waals surface area (Å²) in [7, 11) is -0.147. The van der Waals surface area contributed by atoms with E-state index in [1.165, 1.54) is 86.6 Å². The normalized spacial score (nSPS) is 23.6. The van der Waals surface area contributed by atoms with Crippen LogP contribution in [-0.4, -0.2) is 17.0 Å². The quantitative estimate of drug-likeness (QED) is 0.304. The van der Waals surface area contributed by atoms with Gasteiger partial charge in [-0.25, -0.2) is 0 Å². The lowest BCUT2D eigenvalue weighted by Gasteiger charge is -2.39. The molecule has 0 amide bonds. The first-order valence-corrected chi connectivity index (χ1v) is 15.9. The highest BCUT2D eigenvalue weighted by Gasteiger charge is 2.37. The van der Waals surface area contributed by atoms with Gasteiger partial charge in [0.1, 0.15) is 0 Å². The average Bonchev–Trinajstić information content (AvgIpc) is 3.41. The van der Waals surface area contributed by atoms with Gasteiger partial charge in [0.15, 0.2) is 0 Å². The number of nitrogens with zero attached hydrogens (tertiary/aromatic N) is 1. The van der Waals surface area contributed by atoms with Crippen LogP contribution in [-0.2, 0) is 0 Å². The van der Waals surface area contributed by atoms with E-state index in [2.05, 4.69) is 84.9 Å². The Kier molecular flexibility index (Phi) is 7.66. The topological polar surface area (TPSA) is 12.4 Å². The second kappa shape index (κ2) is 11.4. The van der Waals surface area contributed by atoms with Crippen molar-refractivity contribution in [3.63, 3.8) is 0 Å². The summed E-state index contributed by atoms with van der Waals surface area (Å²) in [4.78, 5) is 5.55. The second-order valence-corrected chi connectivity index (χ2v) is 13.9. The van der Waals surface area contributed by atoms with E-state index in [-0.39, 0.29) is 14.0 Å². The predicted octanol–water partition coefficient (Wildman–Crippen LogP) is 9.18. The van der Waals surface area contributed by atoms with Crippen LogP contribution in [0.1, 0.15) is 99.3 Å². The Labute approximate surface area is 219 Å². The maximum atomic E-state index is 5.55. The van der Waals surface area contributed by atoms with Crippen molar-refractivity contribution >= 4 is 18.9 Å². The standard InChI is InChI=1S/C34H40NP/c1-5-15-26(16-6-1)31-25-32(35-34(31)27-17-7-2-8-18-27)30-23-13-14-24-33(30)36(28-19-9-3-10-20-28)29-21-11-4-12-22-29/h1-2,5-8,13-18,23-24,28-29,31,34H,3-4,9-12,19-22,25H2/t31-,34-/m1/s1. The molecule has 2 aliphatic carbocycles. The first-order valence-electron chi connectivity index (χ1n) is 14.4. The number of rotatable bonds is 6. The molecule has 36 heavy (non-hydrogen) atoms. The summed E-state index contributed by atoms with van der Waals surface area (Å²) in [6.45, 7) is 0. The molecule has 1 heterocycles. The Morgan fingerprint density at radius 1 is 0.556 bits per heavy atom. The molecular weight excluding hydrogens is 453 g/mol. The van der Waals surface area contributed by atoms with Crippen molar-refractivity contribution in [2.45, 2.75) is 93.9 Å². The van der Waals surface area contributed by atoms with E-state index < -0.39 is 0 Å². The Hall–Kier alpha value is -2.24. The van der Waals surface area contributed by atoms with Crippen molar-refractivity contribution in [1.82, 2.24) is 0 Å². The molecule has 3 aromatic rings. The Morgan fingerprint density at radius 3 is 1.69 bits per heavy atom. The summed E-state index contributed by atoms with van der Waals surface area (Å²) in [6.07, 6.45) is 15.5. The van der Waals surface area contributed by atoms with Crippen molar-refractivity contribution in [2.75, 3.05) is 0 Å². The van der Waals surface area contributed by atoms with Crippen LogP contribution < -0.4 is 5.30 Å². The van der Waals surface area contributed by atoms with E-state index in [4.69, 9.17) is 4.99 Å². The smallest absolute Gasteiger partial charge is 0.0824 e. The van der Waals surface area contributed by atoms with Gasteiger partial charge in [-0.2, -0.15) is 0 Å². The fourth-order valence-corrected chi connectivity index (χ4v) is 11.1. The van der Waals surface area contributed by atoms with Gasteiger partial charge in [0, 0.05) is 17.2 Å². The number of benzene rings is 3. The molecule has 186 valence electrons. The minimum absolute atomic E-state index is 0.147. The molecule has 0 unspecified atom stereocenters. The maximum absolute atomic E-state index is 5.55. The highest BCUT2D eigenvalue weighted by Crippen LogP contribution is 2.56. The minimum Gasteiger partial charge on any atom is -0.280 e. The van der Waals surface area contributed by atoms with Gasteiger partial charge >= 0.3 is 0 Å². The molecule has 2 fully saturated rings. The predicted molar refractivity (Wildman–Crippen MR) is 156 cm³/mol. The van der Waals surface area contributed by atoms with Crippen LogP contribution in [0.2, 0.25) is 0 Å². The molecule has 0 spiro atoms. The molecule has 1 nitrogen and oxygen atoms in total. The number of hydrogen-bond acceptors (Lipinski definition) is 1. The van der Waals surface area contributed by atoms with Gasteiger partial charge in [-0.15, -0.1) is 0 Å². The molecule has 0 N–H and O–H groups in total. The molecule has 0 bridgehead atoms. The summed E-state index contributed by atoms with van der Waals surface area (Å²) < 4.78 is 0. The van der Waals surface area contributed by atoms with Crippen LogP contribution in [0.25, 0.3) is 0 Å². The van der Waals surface area contributed by atoms with Gasteiger partial charge < -0.3 is 0 Å². The highest BCUT2D eigenvalue weighted by molar-refractivity contribution is 7.67. The van der Waals surface area contributed by atoms with E-state index in [1.54, 1.807) is 5.30 Å². The van der Waals surface area contributed by atoms with Gasteiger partial charge in [-0.3, -0.25) is 4.99 Å². The maximum Gasteiger partial charge on any atom is 0.0824 e. The van der Waals surface area contributed by atoms with Gasteiger partial charge in [-0.05, 0) is 59.9 Å². The first-order chi connectivity index (χ1) is 17.9. The van der Waals surface area contributed by atoms with E-state index >= 15 is 0 Å². The molecule has 3 aromatic carbocycles. The monoisotopic (exact) mass is 493 g/mol. The lowest BCUT2D eigenvalue weighted by atomic mass is 9.86. The highest BCUT2D eigenvalue weighted by atomic mass is 31.1. The Bertz CT molecular complexity index is 1120. The third kappa shape index (κ3) is 5.10. The SMILES string of the molecule is c1ccc([C@H]2CC(c3ccccc3P(C3CCCCC3)C3CCCCC3)=N[C@@H]2c2ccccc2)cc1. The Balaban J connectivity index is 1.40. The summed E-state index contributed by atoms with van der Waals surface area (Å²) in [5.41, 5.74) is 7.43. The zero-order valence-electron chi connectivity index (χ0n) is 21.6. The molecule has 2 saturated carbocycles. The van der Waals surface area contributed by atoms with E-state index in [0.29, 0.717) is 5.92 Å². The van der Waals surface area contributed by atoms with Crippen LogP contribution in [0.4, 0.5) is 0 Å². The number of hydrogen-bond donors (Lipinski definition) is 0. The van der Waals surface area contributed by atoms with E-state index in [9.17, 15) is 0 Å². The summed E-state index contributed by atoms with van der Waals surface area (Å²) >= 11 is 0. The van der Waals surface area contributed by atoms with Gasteiger partial charge in [0.25, 0.3) is 0 Å². The molecule has 2 heteroatoms. The van der Waals surface area contributed by atoms with Crippen LogP contribution in [0.3, 0.4) is 0 Å². The molecule has 3 aliphatic rings. The molecule has 1 aliphatic heterocycles. The van der Waals surface area contributed by atoms with Crippen LogP contribution in [0.15, 0.2) is 89.9 Å². The largest absolute Gasteiger partial charge is 0.280 e. The molecular formula is C34H40NP. The Morgan fingerprint density at radius 2 is 1.08 bits per heavy atom. The van der Waals surface area contributed by atoms with Crippen molar-refractivity contribution in [2.24, 2.45) is 4.99 Å². The van der Waals surface area contributed by atoms with E-state index in [0.717, 1.165) is 17.7 Å².